The van der Waals surface area contributed by atoms with Gasteiger partial charge >= 0.3 is 5.97 Å². The smallest absolute Gasteiger partial charge is 0.308 e. The Kier molecular flexibility index (Phi) is 6.79. The first-order valence-corrected chi connectivity index (χ1v) is 9.05. The number of carboxylic acids is 1. The molecule has 0 aromatic carbocycles. The Morgan fingerprint density at radius 1 is 1.33 bits per heavy atom. The van der Waals surface area contributed by atoms with Crippen molar-refractivity contribution >= 4 is 27.3 Å². The molecule has 1 aromatic heterocycles. The number of aliphatic hydroxyl groups excluding tert-OH is 1. The predicted molar refractivity (Wildman–Crippen MR) is 81.0 cm³/mol. The van der Waals surface area contributed by atoms with Crippen molar-refractivity contribution in [2.75, 3.05) is 13.2 Å². The Hall–Kier alpha value is -0.960. The molecule has 0 radical (unpaired) electrons. The van der Waals surface area contributed by atoms with Gasteiger partial charge in [-0.05, 0) is 25.0 Å². The van der Waals surface area contributed by atoms with Gasteiger partial charge in [0.25, 0.3) is 10.0 Å². The molecular weight excluding hydrogens is 314 g/mol. The number of nitrogens with zero attached hydrogens (tertiary/aromatic N) is 1. The topological polar surface area (TPSA) is 94.9 Å². The first-order chi connectivity index (χ1) is 9.86. The fraction of sp³-hybridized carbons (Fsp3) is 0.615. The van der Waals surface area contributed by atoms with Crippen LogP contribution in [0, 0.1) is 0 Å². The summed E-state index contributed by atoms with van der Waals surface area (Å²) in [5, 5.41) is 17.9. The lowest BCUT2D eigenvalue weighted by Crippen LogP contribution is -2.41. The highest BCUT2D eigenvalue weighted by Gasteiger charge is 2.30. The normalized spacial score (nSPS) is 12.2. The number of hydrogen-bond donors (Lipinski definition) is 2. The molecule has 1 heterocycles. The van der Waals surface area contributed by atoms with Crippen molar-refractivity contribution in [3.63, 3.8) is 0 Å². The number of hydrogen-bond acceptors (Lipinski definition) is 5. The largest absolute Gasteiger partial charge is 0.481 e. The minimum absolute atomic E-state index is 0.0425. The van der Waals surface area contributed by atoms with E-state index in [-0.39, 0.29) is 29.8 Å². The molecule has 0 spiro atoms. The molecule has 2 N–H and O–H groups in total. The minimum atomic E-state index is -3.70. The lowest BCUT2D eigenvalue weighted by atomic mass is 10.2. The Labute approximate surface area is 129 Å². The Bertz CT molecular complexity index is 563. The average Bonchev–Trinajstić information content (AvgIpc) is 2.87. The van der Waals surface area contributed by atoms with Crippen molar-refractivity contribution < 1.29 is 23.4 Å². The summed E-state index contributed by atoms with van der Waals surface area (Å²) < 4.78 is 26.7. The van der Waals surface area contributed by atoms with Crippen molar-refractivity contribution in [1.82, 2.24) is 4.31 Å². The number of carbonyl (C=O) groups is 1. The molecule has 1 rings (SSSR count). The molecule has 0 saturated carbocycles. The molecule has 0 atom stereocenters. The van der Waals surface area contributed by atoms with Crippen LogP contribution in [0.25, 0.3) is 0 Å². The number of thiophene rings is 1. The van der Waals surface area contributed by atoms with Crippen LogP contribution in [-0.4, -0.2) is 48.1 Å². The van der Waals surface area contributed by atoms with Crippen LogP contribution in [0.5, 0.6) is 0 Å². The summed E-state index contributed by atoms with van der Waals surface area (Å²) in [4.78, 5) is 11.2. The predicted octanol–water partition coefficient (Wildman–Crippen LogP) is 1.55. The van der Waals surface area contributed by atoms with E-state index in [4.69, 9.17) is 10.2 Å². The summed E-state index contributed by atoms with van der Waals surface area (Å²) in [6, 6.07) is 2.79. The lowest BCUT2D eigenvalue weighted by Gasteiger charge is -2.28. The summed E-state index contributed by atoms with van der Waals surface area (Å²) in [5.74, 6) is -0.993. The lowest BCUT2D eigenvalue weighted by molar-refractivity contribution is -0.136. The van der Waals surface area contributed by atoms with E-state index < -0.39 is 16.0 Å². The number of rotatable bonds is 9. The van der Waals surface area contributed by atoms with E-state index in [1.807, 2.05) is 13.8 Å². The average molecular weight is 335 g/mol. The maximum atomic E-state index is 12.7. The summed E-state index contributed by atoms with van der Waals surface area (Å²) in [6.45, 7) is 3.60. The van der Waals surface area contributed by atoms with E-state index in [9.17, 15) is 13.2 Å². The molecule has 0 aliphatic rings. The maximum Gasteiger partial charge on any atom is 0.308 e. The third-order valence-electron chi connectivity index (χ3n) is 3.20. The molecule has 0 unspecified atom stereocenters. The fourth-order valence-electron chi connectivity index (χ4n) is 2.15. The quantitative estimate of drug-likeness (QED) is 0.714. The molecule has 120 valence electrons. The van der Waals surface area contributed by atoms with Crippen molar-refractivity contribution in [2.45, 2.75) is 43.4 Å². The summed E-state index contributed by atoms with van der Waals surface area (Å²) in [7, 11) is -3.70. The van der Waals surface area contributed by atoms with Gasteiger partial charge in [-0.15, -0.1) is 11.3 Å². The van der Waals surface area contributed by atoms with Gasteiger partial charge in [0, 0.05) is 17.5 Å². The zero-order valence-corrected chi connectivity index (χ0v) is 13.8. The molecular formula is C13H21NO5S2. The van der Waals surface area contributed by atoms with Crippen LogP contribution in [-0.2, 0) is 21.2 Å². The van der Waals surface area contributed by atoms with Gasteiger partial charge in [0.05, 0.1) is 13.0 Å². The van der Waals surface area contributed by atoms with Crippen LogP contribution in [0.1, 0.15) is 31.6 Å². The first kappa shape index (κ1) is 18.1. The SMILES string of the molecule is CCC(CC)N(CCO)S(=O)(=O)c1ccc(CC(=O)O)s1. The summed E-state index contributed by atoms with van der Waals surface area (Å²) >= 11 is 0.969. The van der Waals surface area contributed by atoms with Gasteiger partial charge in [-0.1, -0.05) is 13.8 Å². The molecule has 0 amide bonds. The second kappa shape index (κ2) is 7.88. The monoisotopic (exact) mass is 335 g/mol. The molecule has 0 aliphatic carbocycles. The molecule has 0 saturated heterocycles. The van der Waals surface area contributed by atoms with Crippen molar-refractivity contribution in [3.8, 4) is 0 Å². The van der Waals surface area contributed by atoms with E-state index in [1.165, 1.54) is 16.4 Å². The van der Waals surface area contributed by atoms with Crippen LogP contribution in [0.4, 0.5) is 0 Å². The highest BCUT2D eigenvalue weighted by Crippen LogP contribution is 2.27. The van der Waals surface area contributed by atoms with E-state index in [0.717, 1.165) is 11.3 Å². The Morgan fingerprint density at radius 2 is 1.95 bits per heavy atom. The second-order valence-corrected chi connectivity index (χ2v) is 7.89. The molecule has 1 aromatic rings. The fourth-order valence-corrected chi connectivity index (χ4v) is 5.39. The van der Waals surface area contributed by atoms with Crippen molar-refractivity contribution in [1.29, 1.82) is 0 Å². The van der Waals surface area contributed by atoms with Gasteiger partial charge in [0.15, 0.2) is 0 Å². The zero-order valence-electron chi connectivity index (χ0n) is 12.2. The number of carboxylic acid groups (broad SMARTS) is 1. The third kappa shape index (κ3) is 4.50. The Balaban J connectivity index is 3.10. The van der Waals surface area contributed by atoms with E-state index in [2.05, 4.69) is 0 Å². The molecule has 21 heavy (non-hydrogen) atoms. The molecule has 0 bridgehead atoms. The van der Waals surface area contributed by atoms with Gasteiger partial charge in [0.2, 0.25) is 0 Å². The minimum Gasteiger partial charge on any atom is -0.481 e. The van der Waals surface area contributed by atoms with Crippen LogP contribution in [0.3, 0.4) is 0 Å². The van der Waals surface area contributed by atoms with Crippen LogP contribution < -0.4 is 0 Å². The molecule has 0 fully saturated rings. The molecule has 6 nitrogen and oxygen atoms in total. The van der Waals surface area contributed by atoms with Crippen molar-refractivity contribution in [2.24, 2.45) is 0 Å². The van der Waals surface area contributed by atoms with Crippen LogP contribution in [0.15, 0.2) is 16.3 Å². The number of aliphatic hydroxyl groups is 1. The number of aliphatic carboxylic acids is 1. The van der Waals surface area contributed by atoms with E-state index >= 15 is 0 Å². The Morgan fingerprint density at radius 3 is 2.43 bits per heavy atom. The van der Waals surface area contributed by atoms with Crippen LogP contribution in [0.2, 0.25) is 0 Å². The summed E-state index contributed by atoms with van der Waals surface area (Å²) in [5.41, 5.74) is 0. The van der Waals surface area contributed by atoms with Crippen molar-refractivity contribution in [3.05, 3.63) is 17.0 Å². The second-order valence-electron chi connectivity index (χ2n) is 4.60. The maximum absolute atomic E-state index is 12.7. The van der Waals surface area contributed by atoms with E-state index in [1.54, 1.807) is 0 Å². The van der Waals surface area contributed by atoms with E-state index in [0.29, 0.717) is 17.7 Å². The number of sulfonamides is 1. The molecule has 0 aliphatic heterocycles. The first-order valence-electron chi connectivity index (χ1n) is 6.80. The third-order valence-corrected chi connectivity index (χ3v) is 6.70. The standard InChI is InChI=1S/C13H21NO5S2/c1-3-10(4-2)14(7-8-15)21(18,19)13-6-5-11(20-13)9-12(16)17/h5-6,10,15H,3-4,7-9H2,1-2H3,(H,16,17). The summed E-state index contributed by atoms with van der Waals surface area (Å²) in [6.07, 6.45) is 1.12. The van der Waals surface area contributed by atoms with Crippen LogP contribution >= 0.6 is 11.3 Å². The zero-order chi connectivity index (χ0) is 16.0. The van der Waals surface area contributed by atoms with Gasteiger partial charge in [-0.2, -0.15) is 4.31 Å². The molecule has 8 heteroatoms. The van der Waals surface area contributed by atoms with Gasteiger partial charge in [-0.3, -0.25) is 4.79 Å². The van der Waals surface area contributed by atoms with Gasteiger partial charge < -0.3 is 10.2 Å². The van der Waals surface area contributed by atoms with Gasteiger partial charge in [0.1, 0.15) is 4.21 Å². The highest BCUT2D eigenvalue weighted by molar-refractivity contribution is 7.91. The highest BCUT2D eigenvalue weighted by atomic mass is 32.2. The van der Waals surface area contributed by atoms with Gasteiger partial charge in [-0.25, -0.2) is 8.42 Å².